The van der Waals surface area contributed by atoms with Gasteiger partial charge >= 0.3 is 5.97 Å². The van der Waals surface area contributed by atoms with Crippen LogP contribution in [0.15, 0.2) is 34.3 Å². The molecule has 0 aliphatic heterocycles. The molecule has 0 bridgehead atoms. The van der Waals surface area contributed by atoms with Crippen molar-refractivity contribution in [2.45, 2.75) is 23.9 Å². The molecule has 0 saturated heterocycles. The van der Waals surface area contributed by atoms with Gasteiger partial charge in [0.05, 0.1) is 9.82 Å². The molecule has 0 atom stereocenters. The number of carbonyl (C=O) groups is 1. The number of para-hydroxylation sites is 1. The number of nitro benzene ring substituents is 1. The van der Waals surface area contributed by atoms with Gasteiger partial charge in [0, 0.05) is 11.4 Å². The van der Waals surface area contributed by atoms with E-state index in [2.05, 4.69) is 9.97 Å². The largest absolute Gasteiger partial charge is 0.477 e. The first-order valence-electron chi connectivity index (χ1n) is 5.89. The van der Waals surface area contributed by atoms with Gasteiger partial charge in [-0.1, -0.05) is 6.07 Å². The highest BCUT2D eigenvalue weighted by molar-refractivity contribution is 7.99. The number of carboxylic acids is 1. The Bertz CT molecular complexity index is 713. The Balaban J connectivity index is 2.51. The molecule has 1 aromatic heterocycles. The number of aromatic nitrogens is 2. The van der Waals surface area contributed by atoms with E-state index < -0.39 is 16.6 Å². The Kier molecular flexibility index (Phi) is 4.18. The average molecular weight is 305 g/mol. The predicted molar refractivity (Wildman–Crippen MR) is 75.7 cm³/mol. The summed E-state index contributed by atoms with van der Waals surface area (Å²) in [4.78, 5) is 30.1. The van der Waals surface area contributed by atoms with Crippen LogP contribution in [-0.4, -0.2) is 26.0 Å². The molecule has 2 rings (SSSR count). The van der Waals surface area contributed by atoms with Crippen molar-refractivity contribution in [1.82, 2.24) is 9.97 Å². The van der Waals surface area contributed by atoms with E-state index in [-0.39, 0.29) is 10.5 Å². The van der Waals surface area contributed by atoms with E-state index in [0.29, 0.717) is 5.16 Å². The first-order valence-corrected chi connectivity index (χ1v) is 6.71. The fraction of sp³-hybridized carbons (Fsp3) is 0.154. The standard InChI is InChI=1S/C13H11N3O4S/c1-7-6-8(2)15-13(14-7)21-10-5-3-4-9(12(17)18)11(10)16(19)20/h3-6H,1-2H3,(H,17,18). The number of aryl methyl sites for hydroxylation is 2. The van der Waals surface area contributed by atoms with Gasteiger partial charge in [-0.15, -0.1) is 0 Å². The van der Waals surface area contributed by atoms with Crippen molar-refractivity contribution in [3.63, 3.8) is 0 Å². The second-order valence-corrected chi connectivity index (χ2v) is 5.26. The number of carboxylic acid groups (broad SMARTS) is 1. The van der Waals surface area contributed by atoms with Gasteiger partial charge in [-0.05, 0) is 43.8 Å². The third-order valence-electron chi connectivity index (χ3n) is 2.57. The van der Waals surface area contributed by atoms with E-state index in [1.54, 1.807) is 19.9 Å². The van der Waals surface area contributed by atoms with Gasteiger partial charge in [-0.2, -0.15) is 0 Å². The van der Waals surface area contributed by atoms with E-state index in [9.17, 15) is 14.9 Å². The molecule has 0 spiro atoms. The van der Waals surface area contributed by atoms with E-state index in [1.807, 2.05) is 0 Å². The molecule has 21 heavy (non-hydrogen) atoms. The number of rotatable bonds is 4. The van der Waals surface area contributed by atoms with Crippen LogP contribution in [0.4, 0.5) is 5.69 Å². The molecular weight excluding hydrogens is 294 g/mol. The zero-order valence-corrected chi connectivity index (χ0v) is 12.0. The maximum absolute atomic E-state index is 11.2. The molecule has 0 aliphatic carbocycles. The van der Waals surface area contributed by atoms with E-state index in [0.717, 1.165) is 23.1 Å². The summed E-state index contributed by atoms with van der Waals surface area (Å²) in [5.74, 6) is -1.34. The highest BCUT2D eigenvalue weighted by Crippen LogP contribution is 2.35. The third-order valence-corrected chi connectivity index (χ3v) is 3.49. The Morgan fingerprint density at radius 3 is 2.43 bits per heavy atom. The molecule has 1 heterocycles. The summed E-state index contributed by atoms with van der Waals surface area (Å²) in [5, 5.41) is 20.6. The molecule has 0 unspecified atom stereocenters. The van der Waals surface area contributed by atoms with Crippen LogP contribution >= 0.6 is 11.8 Å². The van der Waals surface area contributed by atoms with Crippen molar-refractivity contribution in [2.24, 2.45) is 0 Å². The van der Waals surface area contributed by atoms with Gasteiger partial charge in [0.1, 0.15) is 5.56 Å². The van der Waals surface area contributed by atoms with Gasteiger partial charge < -0.3 is 5.11 Å². The third kappa shape index (κ3) is 3.34. The molecule has 8 heteroatoms. The van der Waals surface area contributed by atoms with Crippen LogP contribution in [0, 0.1) is 24.0 Å². The molecule has 1 N–H and O–H groups in total. The van der Waals surface area contributed by atoms with E-state index in [4.69, 9.17) is 5.11 Å². The quantitative estimate of drug-likeness (QED) is 0.525. The van der Waals surface area contributed by atoms with Crippen molar-refractivity contribution in [1.29, 1.82) is 0 Å². The van der Waals surface area contributed by atoms with Crippen LogP contribution in [-0.2, 0) is 0 Å². The first-order chi connectivity index (χ1) is 9.88. The van der Waals surface area contributed by atoms with Crippen LogP contribution in [0.2, 0.25) is 0 Å². The topological polar surface area (TPSA) is 106 Å². The van der Waals surface area contributed by atoms with Gasteiger partial charge in [0.25, 0.3) is 5.69 Å². The lowest BCUT2D eigenvalue weighted by atomic mass is 10.2. The fourth-order valence-corrected chi connectivity index (χ4v) is 2.81. The van der Waals surface area contributed by atoms with E-state index in [1.165, 1.54) is 18.2 Å². The first kappa shape index (κ1) is 14.9. The molecule has 0 fully saturated rings. The van der Waals surface area contributed by atoms with Gasteiger partial charge in [-0.3, -0.25) is 10.1 Å². The Morgan fingerprint density at radius 1 is 1.29 bits per heavy atom. The molecule has 2 aromatic rings. The minimum atomic E-state index is -1.34. The van der Waals surface area contributed by atoms with E-state index >= 15 is 0 Å². The molecule has 0 amide bonds. The minimum Gasteiger partial charge on any atom is -0.477 e. The number of aromatic carboxylic acids is 1. The van der Waals surface area contributed by atoms with Crippen molar-refractivity contribution in [3.8, 4) is 0 Å². The fourth-order valence-electron chi connectivity index (χ4n) is 1.80. The number of nitro groups is 1. The zero-order chi connectivity index (χ0) is 15.6. The summed E-state index contributed by atoms with van der Waals surface area (Å²) in [6.45, 7) is 3.58. The van der Waals surface area contributed by atoms with Gasteiger partial charge in [0.15, 0.2) is 5.16 Å². The van der Waals surface area contributed by atoms with Crippen LogP contribution in [0.25, 0.3) is 0 Å². The smallest absolute Gasteiger partial charge is 0.342 e. The number of benzene rings is 1. The van der Waals surface area contributed by atoms with Crippen molar-refractivity contribution < 1.29 is 14.8 Å². The summed E-state index contributed by atoms with van der Waals surface area (Å²) in [7, 11) is 0. The Labute approximate surface area is 124 Å². The van der Waals surface area contributed by atoms with Crippen LogP contribution in [0.3, 0.4) is 0 Å². The second-order valence-electron chi connectivity index (χ2n) is 4.25. The average Bonchev–Trinajstić information content (AvgIpc) is 2.36. The predicted octanol–water partition coefficient (Wildman–Crippen LogP) is 2.85. The number of hydrogen-bond donors (Lipinski definition) is 1. The normalized spacial score (nSPS) is 10.4. The monoisotopic (exact) mass is 305 g/mol. The lowest BCUT2D eigenvalue weighted by molar-refractivity contribution is -0.388. The molecule has 0 saturated carbocycles. The number of hydrogen-bond acceptors (Lipinski definition) is 6. The highest BCUT2D eigenvalue weighted by atomic mass is 32.2. The minimum absolute atomic E-state index is 0.199. The SMILES string of the molecule is Cc1cc(C)nc(Sc2cccc(C(=O)O)c2[N+](=O)[O-])n1. The van der Waals surface area contributed by atoms with Gasteiger partial charge in [0.2, 0.25) is 0 Å². The number of nitrogens with zero attached hydrogens (tertiary/aromatic N) is 3. The molecular formula is C13H11N3O4S. The van der Waals surface area contributed by atoms with Crippen LogP contribution < -0.4 is 0 Å². The summed E-state index contributed by atoms with van der Waals surface area (Å²) in [6, 6.07) is 5.93. The van der Waals surface area contributed by atoms with Gasteiger partial charge in [-0.25, -0.2) is 14.8 Å². The highest BCUT2D eigenvalue weighted by Gasteiger charge is 2.25. The van der Waals surface area contributed by atoms with Crippen LogP contribution in [0.1, 0.15) is 21.7 Å². The van der Waals surface area contributed by atoms with Crippen molar-refractivity contribution >= 4 is 23.4 Å². The maximum atomic E-state index is 11.2. The Morgan fingerprint density at radius 2 is 1.90 bits per heavy atom. The molecule has 0 aliphatic rings. The van der Waals surface area contributed by atoms with Crippen molar-refractivity contribution in [3.05, 3.63) is 51.3 Å². The maximum Gasteiger partial charge on any atom is 0.342 e. The summed E-state index contributed by atoms with van der Waals surface area (Å²) in [6.07, 6.45) is 0. The Hall–Kier alpha value is -2.48. The second kappa shape index (κ2) is 5.88. The lowest BCUT2D eigenvalue weighted by Gasteiger charge is -2.05. The molecule has 1 aromatic carbocycles. The summed E-state index contributed by atoms with van der Waals surface area (Å²) in [5.41, 5.74) is 0.677. The van der Waals surface area contributed by atoms with Crippen LogP contribution in [0.5, 0.6) is 0 Å². The lowest BCUT2D eigenvalue weighted by Crippen LogP contribution is -2.04. The zero-order valence-electron chi connectivity index (χ0n) is 11.2. The van der Waals surface area contributed by atoms with Crippen molar-refractivity contribution in [2.75, 3.05) is 0 Å². The molecule has 7 nitrogen and oxygen atoms in total. The summed E-state index contributed by atoms with van der Waals surface area (Å²) >= 11 is 0.975. The molecule has 0 radical (unpaired) electrons. The summed E-state index contributed by atoms with van der Waals surface area (Å²) < 4.78 is 0. The molecule has 108 valence electrons.